The molecule has 0 saturated carbocycles. The Morgan fingerprint density at radius 3 is 2.12 bits per heavy atom. The van der Waals surface area contributed by atoms with E-state index in [0.29, 0.717) is 18.8 Å². The molecule has 1 atom stereocenters. The standard InChI is InChI=1S/C26H31N3O4S/c1-5-29(6-2)26(31)23(15-19-13-17(3)24(27)18(4)14-19)25(30)28-34(32,33)22-12-11-20-9-7-8-10-21(20)16-22/h7-14,16,23H,5-6,15,27H2,1-4H3,(H,28,30). The molecule has 180 valence electrons. The summed E-state index contributed by atoms with van der Waals surface area (Å²) in [5.74, 6) is -2.46. The molecule has 0 aromatic heterocycles. The molecule has 0 spiro atoms. The molecule has 3 rings (SSSR count). The van der Waals surface area contributed by atoms with Crippen molar-refractivity contribution in [2.24, 2.45) is 5.92 Å². The van der Waals surface area contributed by atoms with E-state index < -0.39 is 27.8 Å². The van der Waals surface area contributed by atoms with Gasteiger partial charge in [0, 0.05) is 18.8 Å². The van der Waals surface area contributed by atoms with Gasteiger partial charge in [0.15, 0.2) is 0 Å². The number of nitrogens with zero attached hydrogens (tertiary/aromatic N) is 1. The SMILES string of the molecule is CCN(CC)C(=O)C(Cc1cc(C)c(N)c(C)c1)C(=O)NS(=O)(=O)c1ccc2ccccc2c1. The van der Waals surface area contributed by atoms with E-state index in [2.05, 4.69) is 4.72 Å². The predicted molar refractivity (Wildman–Crippen MR) is 135 cm³/mol. The number of sulfonamides is 1. The van der Waals surface area contributed by atoms with Crippen LogP contribution in [0.15, 0.2) is 59.5 Å². The van der Waals surface area contributed by atoms with Crippen molar-refractivity contribution in [1.29, 1.82) is 0 Å². The van der Waals surface area contributed by atoms with Crippen molar-refractivity contribution in [3.05, 3.63) is 71.3 Å². The van der Waals surface area contributed by atoms with E-state index in [1.165, 1.54) is 17.0 Å². The van der Waals surface area contributed by atoms with Crippen LogP contribution in [0.2, 0.25) is 0 Å². The minimum atomic E-state index is -4.17. The summed E-state index contributed by atoms with van der Waals surface area (Å²) in [6.07, 6.45) is 0.0658. The maximum absolute atomic E-state index is 13.3. The van der Waals surface area contributed by atoms with Crippen molar-refractivity contribution in [2.75, 3.05) is 18.8 Å². The number of anilines is 1. The first-order valence-corrected chi connectivity index (χ1v) is 12.8. The van der Waals surface area contributed by atoms with Gasteiger partial charge in [0.1, 0.15) is 5.92 Å². The molecule has 8 heteroatoms. The van der Waals surface area contributed by atoms with Crippen molar-refractivity contribution in [2.45, 2.75) is 39.0 Å². The van der Waals surface area contributed by atoms with E-state index in [1.807, 2.05) is 58.0 Å². The van der Waals surface area contributed by atoms with Gasteiger partial charge in [-0.05, 0) is 73.7 Å². The number of nitrogens with two attached hydrogens (primary N) is 1. The van der Waals surface area contributed by atoms with Crippen LogP contribution >= 0.6 is 0 Å². The Morgan fingerprint density at radius 1 is 0.941 bits per heavy atom. The molecule has 0 fully saturated rings. The number of benzene rings is 3. The lowest BCUT2D eigenvalue weighted by atomic mass is 9.94. The van der Waals surface area contributed by atoms with Gasteiger partial charge in [-0.3, -0.25) is 9.59 Å². The molecule has 34 heavy (non-hydrogen) atoms. The highest BCUT2D eigenvalue weighted by atomic mass is 32.2. The molecule has 0 aliphatic rings. The normalized spacial score (nSPS) is 12.4. The molecular formula is C26H31N3O4S. The average molecular weight is 482 g/mol. The van der Waals surface area contributed by atoms with Gasteiger partial charge in [-0.25, -0.2) is 13.1 Å². The third-order valence-electron chi connectivity index (χ3n) is 6.05. The molecule has 0 aliphatic heterocycles. The van der Waals surface area contributed by atoms with Gasteiger partial charge in [-0.2, -0.15) is 0 Å². The number of carbonyl (C=O) groups is 2. The summed E-state index contributed by atoms with van der Waals surface area (Å²) in [6, 6.07) is 15.7. The van der Waals surface area contributed by atoms with Crippen LogP contribution < -0.4 is 10.5 Å². The Kier molecular flexibility index (Phi) is 7.61. The number of nitrogen functional groups attached to an aromatic ring is 1. The van der Waals surface area contributed by atoms with Gasteiger partial charge in [0.05, 0.1) is 4.90 Å². The van der Waals surface area contributed by atoms with Crippen molar-refractivity contribution in [3.63, 3.8) is 0 Å². The second-order valence-corrected chi connectivity index (χ2v) is 10.1. The Bertz CT molecular complexity index is 1310. The van der Waals surface area contributed by atoms with E-state index in [9.17, 15) is 18.0 Å². The molecule has 0 heterocycles. The summed E-state index contributed by atoms with van der Waals surface area (Å²) >= 11 is 0. The smallest absolute Gasteiger partial charge is 0.264 e. The third kappa shape index (κ3) is 5.39. The number of fused-ring (bicyclic) bond motifs is 1. The van der Waals surface area contributed by atoms with Crippen LogP contribution in [0.4, 0.5) is 5.69 Å². The third-order valence-corrected chi connectivity index (χ3v) is 7.39. The fourth-order valence-corrected chi connectivity index (χ4v) is 5.12. The van der Waals surface area contributed by atoms with Gasteiger partial charge in [0.2, 0.25) is 11.8 Å². The summed E-state index contributed by atoms with van der Waals surface area (Å²) < 4.78 is 28.3. The van der Waals surface area contributed by atoms with Crippen molar-refractivity contribution in [3.8, 4) is 0 Å². The Labute approximate surface area is 201 Å². The van der Waals surface area contributed by atoms with Crippen LogP contribution in [0.1, 0.15) is 30.5 Å². The van der Waals surface area contributed by atoms with E-state index in [0.717, 1.165) is 27.5 Å². The molecule has 3 aromatic rings. The summed E-state index contributed by atoms with van der Waals surface area (Å²) in [6.45, 7) is 8.18. The van der Waals surface area contributed by atoms with Crippen LogP contribution in [-0.4, -0.2) is 38.2 Å². The summed E-state index contributed by atoms with van der Waals surface area (Å²) in [4.78, 5) is 28.0. The van der Waals surface area contributed by atoms with Gasteiger partial charge in [-0.15, -0.1) is 0 Å². The predicted octanol–water partition coefficient (Wildman–Crippen LogP) is 3.57. The first kappa shape index (κ1) is 25.2. The average Bonchev–Trinajstić information content (AvgIpc) is 2.80. The highest BCUT2D eigenvalue weighted by molar-refractivity contribution is 7.90. The highest BCUT2D eigenvalue weighted by Crippen LogP contribution is 2.23. The van der Waals surface area contributed by atoms with Crippen LogP contribution in [0.5, 0.6) is 0 Å². The number of carbonyl (C=O) groups excluding carboxylic acids is 2. The number of hydrogen-bond donors (Lipinski definition) is 2. The summed E-state index contributed by atoms with van der Waals surface area (Å²) in [5.41, 5.74) is 9.12. The van der Waals surface area contributed by atoms with Crippen LogP contribution in [0.3, 0.4) is 0 Å². The lowest BCUT2D eigenvalue weighted by Crippen LogP contribution is -2.46. The zero-order valence-electron chi connectivity index (χ0n) is 20.0. The number of hydrogen-bond acceptors (Lipinski definition) is 5. The zero-order chi connectivity index (χ0) is 25.0. The topological polar surface area (TPSA) is 110 Å². The maximum atomic E-state index is 13.3. The zero-order valence-corrected chi connectivity index (χ0v) is 20.8. The van der Waals surface area contributed by atoms with Crippen molar-refractivity contribution < 1.29 is 18.0 Å². The number of aryl methyl sites for hydroxylation is 2. The van der Waals surface area contributed by atoms with E-state index in [1.54, 1.807) is 12.1 Å². The molecule has 0 radical (unpaired) electrons. The van der Waals surface area contributed by atoms with E-state index in [4.69, 9.17) is 5.73 Å². The second kappa shape index (κ2) is 10.3. The number of rotatable bonds is 8. The minimum absolute atomic E-state index is 0.0345. The van der Waals surface area contributed by atoms with Gasteiger partial charge in [-0.1, -0.05) is 42.5 Å². The quantitative estimate of drug-likeness (QED) is 0.378. The minimum Gasteiger partial charge on any atom is -0.398 e. The fraction of sp³-hybridized carbons (Fsp3) is 0.308. The van der Waals surface area contributed by atoms with Gasteiger partial charge in [0.25, 0.3) is 10.0 Å². The van der Waals surface area contributed by atoms with Crippen LogP contribution in [-0.2, 0) is 26.0 Å². The van der Waals surface area contributed by atoms with Crippen molar-refractivity contribution in [1.82, 2.24) is 9.62 Å². The molecular weight excluding hydrogens is 450 g/mol. The molecule has 3 aromatic carbocycles. The molecule has 7 nitrogen and oxygen atoms in total. The summed E-state index contributed by atoms with van der Waals surface area (Å²) in [7, 11) is -4.17. The Hall–Kier alpha value is -3.39. The van der Waals surface area contributed by atoms with E-state index in [-0.39, 0.29) is 11.3 Å². The molecule has 2 amide bonds. The largest absolute Gasteiger partial charge is 0.398 e. The lowest BCUT2D eigenvalue weighted by molar-refractivity contribution is -0.141. The van der Waals surface area contributed by atoms with Crippen LogP contribution in [0, 0.1) is 19.8 Å². The van der Waals surface area contributed by atoms with Gasteiger partial charge >= 0.3 is 0 Å². The fourth-order valence-electron chi connectivity index (χ4n) is 4.06. The highest BCUT2D eigenvalue weighted by Gasteiger charge is 2.33. The van der Waals surface area contributed by atoms with Crippen molar-refractivity contribution >= 4 is 38.3 Å². The Balaban J connectivity index is 1.94. The van der Waals surface area contributed by atoms with E-state index >= 15 is 0 Å². The first-order chi connectivity index (χ1) is 16.1. The lowest BCUT2D eigenvalue weighted by Gasteiger charge is -2.25. The maximum Gasteiger partial charge on any atom is 0.264 e. The molecule has 0 aliphatic carbocycles. The molecule has 3 N–H and O–H groups in total. The summed E-state index contributed by atoms with van der Waals surface area (Å²) in [5, 5.41) is 1.62. The molecule has 0 bridgehead atoms. The molecule has 0 saturated heterocycles. The van der Waals surface area contributed by atoms with Gasteiger partial charge < -0.3 is 10.6 Å². The molecule has 1 unspecified atom stereocenters. The number of amides is 2. The van der Waals surface area contributed by atoms with Crippen LogP contribution in [0.25, 0.3) is 10.8 Å². The Morgan fingerprint density at radius 2 is 1.53 bits per heavy atom. The second-order valence-electron chi connectivity index (χ2n) is 8.39. The first-order valence-electron chi connectivity index (χ1n) is 11.3. The number of nitrogens with one attached hydrogen (secondary N) is 1. The monoisotopic (exact) mass is 481 g/mol.